The molecule has 0 aliphatic carbocycles. The predicted octanol–water partition coefficient (Wildman–Crippen LogP) is -0.174. The van der Waals surface area contributed by atoms with E-state index in [1.165, 1.54) is 36.5 Å². The first-order valence-corrected chi connectivity index (χ1v) is 10.4. The molecule has 0 fully saturated rings. The van der Waals surface area contributed by atoms with Crippen molar-refractivity contribution in [3.63, 3.8) is 0 Å². The number of nitrogens with zero attached hydrogens (tertiary/aromatic N) is 6. The van der Waals surface area contributed by atoms with Crippen LogP contribution in [0.1, 0.15) is 11.4 Å². The van der Waals surface area contributed by atoms with E-state index in [4.69, 9.17) is 9.47 Å². The largest absolute Gasteiger partial charge is 0.711 e. The van der Waals surface area contributed by atoms with Crippen LogP contribution in [0.15, 0.2) is 64.7 Å². The summed E-state index contributed by atoms with van der Waals surface area (Å²) < 4.78 is 14.4. The lowest BCUT2D eigenvalue weighted by molar-refractivity contribution is -0.620. The first-order chi connectivity index (χ1) is 16.5. The quantitative estimate of drug-likeness (QED) is 0.188. The third-order valence-electron chi connectivity index (χ3n) is 5.14. The maximum atomic E-state index is 13.3. The standard InChI is InChI=1S/C22H22N6O6/c1-33-11-10-25-15-24-20-19(25)21(30)27(22(31)26(20)12-16-6-3-2-4-7-16)13-18(29)34-14-17-23-8-5-9-28(17)32/h2-9,15H,10-14H2,1H3. The zero-order chi connectivity index (χ0) is 24.1. The molecule has 0 aliphatic rings. The van der Waals surface area contributed by atoms with Gasteiger partial charge in [0.05, 0.1) is 25.7 Å². The fraction of sp³-hybridized carbons (Fsp3) is 0.273. The van der Waals surface area contributed by atoms with Gasteiger partial charge in [-0.3, -0.25) is 14.2 Å². The minimum absolute atomic E-state index is 0.0298. The topological polar surface area (TPSA) is 137 Å². The number of rotatable bonds is 9. The van der Waals surface area contributed by atoms with Crippen LogP contribution in [-0.4, -0.2) is 43.4 Å². The van der Waals surface area contributed by atoms with Gasteiger partial charge in [0.1, 0.15) is 12.7 Å². The highest BCUT2D eigenvalue weighted by molar-refractivity contribution is 5.72. The fourth-order valence-corrected chi connectivity index (χ4v) is 3.46. The average molecular weight is 466 g/mol. The molecular formula is C22H22N6O6. The number of aromatic nitrogens is 6. The molecule has 3 aromatic heterocycles. The lowest BCUT2D eigenvalue weighted by Gasteiger charge is -2.12. The fourth-order valence-electron chi connectivity index (χ4n) is 3.46. The van der Waals surface area contributed by atoms with Crippen molar-refractivity contribution in [3.05, 3.63) is 92.6 Å². The molecule has 0 atom stereocenters. The van der Waals surface area contributed by atoms with Crippen LogP contribution in [-0.2, 0) is 40.5 Å². The Kier molecular flexibility index (Phi) is 6.78. The number of hydrogen-bond donors (Lipinski definition) is 0. The molecule has 0 bridgehead atoms. The van der Waals surface area contributed by atoms with E-state index in [-0.39, 0.29) is 23.5 Å². The summed E-state index contributed by atoms with van der Waals surface area (Å²) in [5.41, 5.74) is -0.179. The Morgan fingerprint density at radius 2 is 1.91 bits per heavy atom. The number of methoxy groups -OCH3 is 1. The normalized spacial score (nSPS) is 11.1. The molecular weight excluding hydrogens is 444 g/mol. The summed E-state index contributed by atoms with van der Waals surface area (Å²) in [6.45, 7) is -0.228. The van der Waals surface area contributed by atoms with Crippen molar-refractivity contribution < 1.29 is 19.0 Å². The number of imidazole rings is 1. The van der Waals surface area contributed by atoms with Gasteiger partial charge in [-0.2, -0.15) is 0 Å². The molecule has 12 nitrogen and oxygen atoms in total. The minimum Gasteiger partial charge on any atom is -0.711 e. The Morgan fingerprint density at radius 3 is 2.65 bits per heavy atom. The van der Waals surface area contributed by atoms with E-state index >= 15 is 0 Å². The van der Waals surface area contributed by atoms with Crippen molar-refractivity contribution in [3.8, 4) is 0 Å². The number of hydrogen-bond acceptors (Lipinski definition) is 8. The van der Waals surface area contributed by atoms with E-state index in [1.807, 2.05) is 30.3 Å². The first-order valence-electron chi connectivity index (χ1n) is 10.4. The molecule has 0 aliphatic heterocycles. The average Bonchev–Trinajstić information content (AvgIpc) is 3.27. The second-order valence-corrected chi connectivity index (χ2v) is 7.37. The van der Waals surface area contributed by atoms with Gasteiger partial charge < -0.3 is 19.2 Å². The van der Waals surface area contributed by atoms with Crippen LogP contribution in [0, 0.1) is 5.21 Å². The lowest BCUT2D eigenvalue weighted by Crippen LogP contribution is -2.43. The Morgan fingerprint density at radius 1 is 1.12 bits per heavy atom. The number of esters is 1. The molecule has 0 N–H and O–H groups in total. The smallest absolute Gasteiger partial charge is 0.339 e. The molecule has 1 aromatic carbocycles. The van der Waals surface area contributed by atoms with Crippen molar-refractivity contribution in [2.24, 2.45) is 0 Å². The van der Waals surface area contributed by atoms with Crippen LogP contribution < -0.4 is 16.0 Å². The van der Waals surface area contributed by atoms with Gasteiger partial charge in [0.25, 0.3) is 5.56 Å². The molecule has 0 saturated heterocycles. The molecule has 0 radical (unpaired) electrons. The number of carbonyl (C=O) groups is 1. The predicted molar refractivity (Wildman–Crippen MR) is 119 cm³/mol. The van der Waals surface area contributed by atoms with Gasteiger partial charge in [-0.15, -0.1) is 0 Å². The summed E-state index contributed by atoms with van der Waals surface area (Å²) in [5.74, 6) is -0.892. The Bertz CT molecular complexity index is 1430. The van der Waals surface area contributed by atoms with Crippen LogP contribution in [0.5, 0.6) is 0 Å². The lowest BCUT2D eigenvalue weighted by atomic mass is 10.2. The molecule has 0 spiro atoms. The van der Waals surface area contributed by atoms with Gasteiger partial charge in [-0.05, 0) is 10.5 Å². The third kappa shape index (κ3) is 4.71. The van der Waals surface area contributed by atoms with Crippen LogP contribution in [0.3, 0.4) is 0 Å². The third-order valence-corrected chi connectivity index (χ3v) is 5.14. The van der Waals surface area contributed by atoms with Crippen LogP contribution in [0.4, 0.5) is 0 Å². The second kappa shape index (κ2) is 10.1. The maximum Gasteiger partial charge on any atom is 0.339 e. The second-order valence-electron chi connectivity index (χ2n) is 7.37. The molecule has 12 heteroatoms. The summed E-state index contributed by atoms with van der Waals surface area (Å²) >= 11 is 0. The van der Waals surface area contributed by atoms with Gasteiger partial charge in [0.2, 0.25) is 0 Å². The van der Waals surface area contributed by atoms with E-state index < -0.39 is 30.4 Å². The van der Waals surface area contributed by atoms with Crippen LogP contribution in [0.25, 0.3) is 11.2 Å². The maximum absolute atomic E-state index is 13.3. The van der Waals surface area contributed by atoms with E-state index in [2.05, 4.69) is 9.97 Å². The van der Waals surface area contributed by atoms with Crippen molar-refractivity contribution in [2.75, 3.05) is 13.7 Å². The first kappa shape index (κ1) is 22.9. The summed E-state index contributed by atoms with van der Waals surface area (Å²) in [7, 11) is 1.53. The van der Waals surface area contributed by atoms with Gasteiger partial charge in [-0.1, -0.05) is 30.3 Å². The highest BCUT2D eigenvalue weighted by Gasteiger charge is 2.21. The zero-order valence-corrected chi connectivity index (χ0v) is 18.4. The van der Waals surface area contributed by atoms with E-state index in [9.17, 15) is 19.6 Å². The van der Waals surface area contributed by atoms with E-state index in [0.29, 0.717) is 17.9 Å². The summed E-state index contributed by atoms with van der Waals surface area (Å²) in [6.07, 6.45) is 4.07. The number of carbonyl (C=O) groups excluding carboxylic acids is 1. The van der Waals surface area contributed by atoms with Gasteiger partial charge >= 0.3 is 17.5 Å². The number of ether oxygens (including phenoxy) is 2. The summed E-state index contributed by atoms with van der Waals surface area (Å²) in [5, 5.41) is 11.7. The van der Waals surface area contributed by atoms with Crippen molar-refractivity contribution in [1.29, 1.82) is 0 Å². The van der Waals surface area contributed by atoms with Gasteiger partial charge in [0.15, 0.2) is 17.8 Å². The molecule has 176 valence electrons. The van der Waals surface area contributed by atoms with E-state index in [1.54, 1.807) is 4.57 Å². The minimum atomic E-state index is -0.863. The Hall–Kier alpha value is -4.32. The summed E-state index contributed by atoms with van der Waals surface area (Å²) in [6, 6.07) is 10.6. The Labute approximate surface area is 192 Å². The highest BCUT2D eigenvalue weighted by atomic mass is 16.5. The molecule has 4 rings (SSSR count). The molecule has 0 saturated carbocycles. The SMILES string of the molecule is COCCn1cnc2c1c(=O)n(CC(=O)OCc1nccc[n+]1[O-])c(=O)n2Cc1ccccc1. The van der Waals surface area contributed by atoms with Gasteiger partial charge in [-0.25, -0.2) is 19.1 Å². The Balaban J connectivity index is 1.71. The molecule has 34 heavy (non-hydrogen) atoms. The number of fused-ring (bicyclic) bond motifs is 1. The highest BCUT2D eigenvalue weighted by Crippen LogP contribution is 2.10. The summed E-state index contributed by atoms with van der Waals surface area (Å²) in [4.78, 5) is 47.1. The van der Waals surface area contributed by atoms with Crippen LogP contribution >= 0.6 is 0 Å². The van der Waals surface area contributed by atoms with Crippen LogP contribution in [0.2, 0.25) is 0 Å². The monoisotopic (exact) mass is 466 g/mol. The van der Waals surface area contributed by atoms with Gasteiger partial charge in [0, 0.05) is 19.7 Å². The molecule has 3 heterocycles. The number of benzene rings is 1. The molecule has 4 aromatic rings. The van der Waals surface area contributed by atoms with Crippen molar-refractivity contribution in [1.82, 2.24) is 23.7 Å². The molecule has 0 amide bonds. The van der Waals surface area contributed by atoms with Crippen molar-refractivity contribution >= 4 is 17.1 Å². The zero-order valence-electron chi connectivity index (χ0n) is 18.4. The molecule has 0 unspecified atom stereocenters. The van der Waals surface area contributed by atoms with Crippen molar-refractivity contribution in [2.45, 2.75) is 26.2 Å². The van der Waals surface area contributed by atoms with E-state index in [0.717, 1.165) is 10.1 Å².